The highest BCUT2D eigenvalue weighted by Crippen LogP contribution is 2.34. The van der Waals surface area contributed by atoms with Gasteiger partial charge in [0, 0.05) is 16.7 Å². The zero-order valence-electron chi connectivity index (χ0n) is 14.1. The summed E-state index contributed by atoms with van der Waals surface area (Å²) >= 11 is 1.66. The molecule has 4 nitrogen and oxygen atoms in total. The first-order valence-corrected chi connectivity index (χ1v) is 9.13. The molecule has 0 unspecified atom stereocenters. The summed E-state index contributed by atoms with van der Waals surface area (Å²) in [5.41, 5.74) is 10.1. The molecule has 4 rings (SSSR count). The third-order valence-corrected chi connectivity index (χ3v) is 5.34. The van der Waals surface area contributed by atoms with E-state index in [0.29, 0.717) is 12.3 Å². The van der Waals surface area contributed by atoms with E-state index in [2.05, 4.69) is 59.7 Å². The van der Waals surface area contributed by atoms with Crippen LogP contribution < -0.4 is 11.6 Å². The lowest BCUT2D eigenvalue weighted by Gasteiger charge is -2.09. The summed E-state index contributed by atoms with van der Waals surface area (Å²) < 4.78 is 0. The van der Waals surface area contributed by atoms with Gasteiger partial charge in [-0.25, -0.2) is 4.98 Å². The van der Waals surface area contributed by atoms with Gasteiger partial charge in [0.1, 0.15) is 5.84 Å². The first-order valence-electron chi connectivity index (χ1n) is 8.31. The lowest BCUT2D eigenvalue weighted by molar-refractivity contribution is 1.18. The van der Waals surface area contributed by atoms with Crippen LogP contribution in [0.2, 0.25) is 0 Å². The Morgan fingerprint density at radius 3 is 2.54 bits per heavy atom. The van der Waals surface area contributed by atoms with Crippen LogP contribution >= 0.6 is 11.3 Å². The molecule has 0 saturated heterocycles. The minimum atomic E-state index is 0.426. The third-order valence-electron chi connectivity index (χ3n) is 4.24. The Labute approximate surface area is 155 Å². The highest BCUT2D eigenvalue weighted by Gasteiger charge is 2.11. The molecule has 0 bridgehead atoms. The van der Waals surface area contributed by atoms with Gasteiger partial charge in [-0.05, 0) is 35.4 Å². The van der Waals surface area contributed by atoms with Gasteiger partial charge < -0.3 is 11.6 Å². The van der Waals surface area contributed by atoms with E-state index in [9.17, 15) is 0 Å². The largest absolute Gasteiger partial charge is 0.385 e. The molecule has 5 heteroatoms. The van der Waals surface area contributed by atoms with E-state index in [1.165, 1.54) is 11.1 Å². The first kappa shape index (κ1) is 16.3. The average Bonchev–Trinajstić information content (AvgIpc) is 3.16. The molecule has 2 heterocycles. The zero-order chi connectivity index (χ0) is 17.9. The van der Waals surface area contributed by atoms with Crippen molar-refractivity contribution in [2.24, 2.45) is 16.7 Å². The van der Waals surface area contributed by atoms with Gasteiger partial charge in [-0.15, -0.1) is 11.3 Å². The Morgan fingerprint density at radius 1 is 0.962 bits per heavy atom. The number of aromatic nitrogens is 1. The second kappa shape index (κ2) is 6.98. The second-order valence-corrected chi connectivity index (χ2v) is 7.17. The number of para-hydroxylation sites is 1. The van der Waals surface area contributed by atoms with Crippen LogP contribution in [0.1, 0.15) is 4.88 Å². The zero-order valence-corrected chi connectivity index (χ0v) is 14.9. The molecule has 26 heavy (non-hydrogen) atoms. The summed E-state index contributed by atoms with van der Waals surface area (Å²) in [6.07, 6.45) is 0.556. The third kappa shape index (κ3) is 3.17. The molecule has 0 atom stereocenters. The Morgan fingerprint density at radius 2 is 1.73 bits per heavy atom. The number of nitrogens with zero attached hydrogens (tertiary/aromatic N) is 2. The van der Waals surface area contributed by atoms with E-state index < -0.39 is 0 Å². The number of hydrogen-bond acceptors (Lipinski definition) is 4. The van der Waals surface area contributed by atoms with Crippen LogP contribution in [0, 0.1) is 0 Å². The second-order valence-electron chi connectivity index (χ2n) is 6.00. The molecule has 4 aromatic rings. The Balaban J connectivity index is 1.84. The molecule has 2 aromatic carbocycles. The van der Waals surface area contributed by atoms with E-state index in [-0.39, 0.29) is 0 Å². The first-order chi connectivity index (χ1) is 12.7. The van der Waals surface area contributed by atoms with Crippen molar-refractivity contribution in [1.29, 1.82) is 0 Å². The van der Waals surface area contributed by atoms with Crippen LogP contribution in [0.15, 0.2) is 77.9 Å². The number of rotatable bonds is 4. The van der Waals surface area contributed by atoms with Gasteiger partial charge in [0.25, 0.3) is 0 Å². The molecule has 128 valence electrons. The minimum absolute atomic E-state index is 0.426. The predicted molar refractivity (Wildman–Crippen MR) is 110 cm³/mol. The maximum absolute atomic E-state index is 5.74. The molecule has 0 amide bonds. The van der Waals surface area contributed by atoms with Crippen LogP contribution in [-0.4, -0.2) is 10.8 Å². The summed E-state index contributed by atoms with van der Waals surface area (Å²) in [5.74, 6) is 5.67. The summed E-state index contributed by atoms with van der Waals surface area (Å²) in [5, 5.41) is 4.70. The fourth-order valence-corrected chi connectivity index (χ4v) is 3.98. The predicted octanol–water partition coefficient (Wildman–Crippen LogP) is 4.40. The molecule has 0 saturated carbocycles. The highest BCUT2D eigenvalue weighted by atomic mass is 32.1. The number of hydrazone groups is 1. The number of fused-ring (bicyclic) bond motifs is 1. The van der Waals surface area contributed by atoms with Gasteiger partial charge >= 0.3 is 0 Å². The molecule has 0 fully saturated rings. The van der Waals surface area contributed by atoms with Crippen molar-refractivity contribution in [3.63, 3.8) is 0 Å². The van der Waals surface area contributed by atoms with Crippen LogP contribution in [0.5, 0.6) is 0 Å². The Bertz CT molecular complexity index is 1080. The summed E-state index contributed by atoms with van der Waals surface area (Å²) in [7, 11) is 0. The van der Waals surface area contributed by atoms with Crippen molar-refractivity contribution in [3.05, 3.63) is 77.7 Å². The van der Waals surface area contributed by atoms with E-state index in [1.807, 2.05) is 18.2 Å². The van der Waals surface area contributed by atoms with E-state index in [0.717, 1.165) is 26.4 Å². The van der Waals surface area contributed by atoms with Gasteiger partial charge in [-0.3, -0.25) is 0 Å². The molecule has 4 N–H and O–H groups in total. The molecule has 0 aliphatic carbocycles. The highest BCUT2D eigenvalue weighted by molar-refractivity contribution is 7.15. The van der Waals surface area contributed by atoms with Crippen LogP contribution in [0.4, 0.5) is 0 Å². The summed E-state index contributed by atoms with van der Waals surface area (Å²) in [6, 6.07) is 24.9. The fourth-order valence-electron chi connectivity index (χ4n) is 2.99. The molecular formula is C21H18N4S. The number of pyridine rings is 1. The van der Waals surface area contributed by atoms with Crippen molar-refractivity contribution < 1.29 is 0 Å². The molecule has 0 spiro atoms. The normalized spacial score (nSPS) is 11.8. The van der Waals surface area contributed by atoms with E-state index in [1.54, 1.807) is 11.3 Å². The van der Waals surface area contributed by atoms with Crippen molar-refractivity contribution >= 4 is 28.1 Å². The number of amidine groups is 1. The van der Waals surface area contributed by atoms with Gasteiger partial charge in [0.2, 0.25) is 0 Å². The summed E-state index contributed by atoms with van der Waals surface area (Å²) in [6.45, 7) is 0. The van der Waals surface area contributed by atoms with E-state index >= 15 is 0 Å². The Hall–Kier alpha value is -3.18. The fraction of sp³-hybridized carbons (Fsp3) is 0.0476. The maximum atomic E-state index is 5.74. The maximum Gasteiger partial charge on any atom is 0.124 e. The lowest BCUT2D eigenvalue weighted by Crippen LogP contribution is -2.16. The van der Waals surface area contributed by atoms with Crippen LogP contribution in [0.3, 0.4) is 0 Å². The average molecular weight is 358 g/mol. The molecule has 2 aromatic heterocycles. The van der Waals surface area contributed by atoms with Gasteiger partial charge in [0.05, 0.1) is 16.1 Å². The minimum Gasteiger partial charge on any atom is -0.385 e. The quantitative estimate of drug-likeness (QED) is 0.246. The molecule has 0 radical (unpaired) electrons. The topological polar surface area (TPSA) is 77.3 Å². The standard InChI is InChI=1S/C21H18N4S/c22-21(25-23)12-15-10-11-20(26-15)19-13-17(14-6-2-1-3-7-14)16-8-4-5-9-18(16)24-19/h1-11,13H,12,23H2,(H2,22,25). The van der Waals surface area contributed by atoms with Crippen molar-refractivity contribution in [2.45, 2.75) is 6.42 Å². The smallest absolute Gasteiger partial charge is 0.124 e. The SMILES string of the molecule is N/N=C(\N)Cc1ccc(-c2cc(-c3ccccc3)c3ccccc3n2)s1. The van der Waals surface area contributed by atoms with Gasteiger partial charge in [-0.2, -0.15) is 5.10 Å². The van der Waals surface area contributed by atoms with Crippen molar-refractivity contribution in [1.82, 2.24) is 4.98 Å². The number of benzene rings is 2. The number of nitrogens with two attached hydrogens (primary N) is 2. The molecular weight excluding hydrogens is 340 g/mol. The van der Waals surface area contributed by atoms with Crippen LogP contribution in [-0.2, 0) is 6.42 Å². The lowest BCUT2D eigenvalue weighted by atomic mass is 10.00. The van der Waals surface area contributed by atoms with Crippen LogP contribution in [0.25, 0.3) is 32.6 Å². The number of hydrogen-bond donors (Lipinski definition) is 2. The van der Waals surface area contributed by atoms with E-state index in [4.69, 9.17) is 16.6 Å². The monoisotopic (exact) mass is 358 g/mol. The molecule has 0 aliphatic rings. The molecule has 0 aliphatic heterocycles. The summed E-state index contributed by atoms with van der Waals surface area (Å²) in [4.78, 5) is 7.09. The Kier molecular flexibility index (Phi) is 4.37. The van der Waals surface area contributed by atoms with Crippen molar-refractivity contribution in [3.8, 4) is 21.7 Å². The van der Waals surface area contributed by atoms with Gasteiger partial charge in [0.15, 0.2) is 0 Å². The van der Waals surface area contributed by atoms with Crippen molar-refractivity contribution in [2.75, 3.05) is 0 Å². The number of thiophene rings is 1. The van der Waals surface area contributed by atoms with Gasteiger partial charge in [-0.1, -0.05) is 48.5 Å².